The van der Waals surface area contributed by atoms with Gasteiger partial charge in [0, 0.05) is 17.5 Å². The highest BCUT2D eigenvalue weighted by Crippen LogP contribution is 2.62. The maximum atomic E-state index is 15.1. The smallest absolute Gasteiger partial charge is 0.238 e. The molecule has 4 aromatic carbocycles. The molecule has 1 spiro atoms. The number of ketones is 2. The molecule has 1 N–H and O–H groups in total. The fourth-order valence-electron chi connectivity index (χ4n) is 7.23. The summed E-state index contributed by atoms with van der Waals surface area (Å²) in [6.45, 7) is 2.22. The van der Waals surface area contributed by atoms with Crippen LogP contribution in [0.15, 0.2) is 103 Å². The van der Waals surface area contributed by atoms with Gasteiger partial charge in [-0.05, 0) is 60.0 Å². The summed E-state index contributed by atoms with van der Waals surface area (Å²) in [6, 6.07) is 27.7. The van der Waals surface area contributed by atoms with Crippen molar-refractivity contribution in [3.05, 3.63) is 131 Å². The van der Waals surface area contributed by atoms with Crippen molar-refractivity contribution in [1.29, 1.82) is 0 Å². The second-order valence-corrected chi connectivity index (χ2v) is 11.0. The summed E-state index contributed by atoms with van der Waals surface area (Å²) < 4.78 is 11.3. The van der Waals surface area contributed by atoms with E-state index in [0.717, 1.165) is 11.1 Å². The Morgan fingerprint density at radius 2 is 1.67 bits per heavy atom. The van der Waals surface area contributed by atoms with E-state index in [0.29, 0.717) is 40.5 Å². The molecule has 0 radical (unpaired) electrons. The molecule has 43 heavy (non-hydrogen) atoms. The molecule has 1 saturated heterocycles. The van der Waals surface area contributed by atoms with Crippen LogP contribution in [0.4, 0.5) is 5.69 Å². The maximum absolute atomic E-state index is 15.1. The lowest BCUT2D eigenvalue weighted by Crippen LogP contribution is -2.49. The molecule has 0 aliphatic carbocycles. The number of nitrogens with zero attached hydrogens (tertiary/aromatic N) is 1. The highest BCUT2D eigenvalue weighted by molar-refractivity contribution is 6.17. The third kappa shape index (κ3) is 3.84. The summed E-state index contributed by atoms with van der Waals surface area (Å²) >= 11 is 0. The van der Waals surface area contributed by atoms with Gasteiger partial charge in [0.05, 0.1) is 31.2 Å². The average Bonchev–Trinajstić information content (AvgIpc) is 3.53. The molecule has 3 aliphatic rings. The zero-order valence-electron chi connectivity index (χ0n) is 23.8. The van der Waals surface area contributed by atoms with Gasteiger partial charge in [0.1, 0.15) is 23.0 Å². The van der Waals surface area contributed by atoms with E-state index >= 15 is 4.79 Å². The van der Waals surface area contributed by atoms with E-state index in [1.165, 1.54) is 0 Å². The van der Waals surface area contributed by atoms with Crippen LogP contribution >= 0.6 is 0 Å². The van der Waals surface area contributed by atoms with Gasteiger partial charge in [0.15, 0.2) is 11.6 Å². The fourth-order valence-corrected chi connectivity index (χ4v) is 7.23. The van der Waals surface area contributed by atoms with Gasteiger partial charge in [-0.2, -0.15) is 0 Å². The van der Waals surface area contributed by atoms with E-state index < -0.39 is 23.4 Å². The number of hydrogen-bond donors (Lipinski definition) is 1. The van der Waals surface area contributed by atoms with Crippen molar-refractivity contribution in [2.24, 2.45) is 5.92 Å². The number of anilines is 1. The second-order valence-electron chi connectivity index (χ2n) is 11.0. The van der Waals surface area contributed by atoms with E-state index in [-0.39, 0.29) is 17.5 Å². The molecule has 3 heterocycles. The normalized spacial score (nSPS) is 22.9. The minimum atomic E-state index is -1.41. The number of fused-ring (bicyclic) bond motifs is 6. The molecular formula is C36H30N2O5. The van der Waals surface area contributed by atoms with Gasteiger partial charge in [0.2, 0.25) is 5.91 Å². The molecule has 214 valence electrons. The van der Waals surface area contributed by atoms with E-state index in [1.54, 1.807) is 49.6 Å². The molecule has 7 heteroatoms. The van der Waals surface area contributed by atoms with Crippen molar-refractivity contribution in [2.45, 2.75) is 24.4 Å². The topological polar surface area (TPSA) is 84.9 Å². The molecule has 4 atom stereocenters. The maximum Gasteiger partial charge on any atom is 0.238 e. The van der Waals surface area contributed by atoms with Crippen LogP contribution in [0.2, 0.25) is 0 Å². The van der Waals surface area contributed by atoms with Crippen LogP contribution in [0.3, 0.4) is 0 Å². The van der Waals surface area contributed by atoms with Crippen molar-refractivity contribution in [1.82, 2.24) is 4.90 Å². The van der Waals surface area contributed by atoms with Crippen LogP contribution in [-0.4, -0.2) is 42.1 Å². The molecule has 7 nitrogen and oxygen atoms in total. The molecule has 1 fully saturated rings. The third-order valence-corrected chi connectivity index (χ3v) is 8.93. The monoisotopic (exact) mass is 570 g/mol. The first-order valence-electron chi connectivity index (χ1n) is 14.4. The van der Waals surface area contributed by atoms with Crippen molar-refractivity contribution >= 4 is 29.2 Å². The first-order chi connectivity index (χ1) is 21.0. The first kappa shape index (κ1) is 26.7. The van der Waals surface area contributed by atoms with Gasteiger partial charge < -0.3 is 19.7 Å². The predicted molar refractivity (Wildman–Crippen MR) is 163 cm³/mol. The zero-order valence-corrected chi connectivity index (χ0v) is 23.8. The standard InChI is InChI=1S/C36H30N2O5/c1-3-43-29-18-9-6-15-26(29)33(40)30-31(32(39)23-12-10-13-24(21-23)42-2)38-20-19-22-11-4-5-14-25(22)34(38)36(30)27-16-7-8-17-28(27)37-35(36)41/h4-21,30-31,34H,3H2,1-2H3,(H,37,41)/t30-,31+,34-,36-/m0/s1. The first-order valence-corrected chi connectivity index (χ1v) is 14.4. The molecule has 7 rings (SSSR count). The van der Waals surface area contributed by atoms with E-state index in [1.807, 2.05) is 78.7 Å². The lowest BCUT2D eigenvalue weighted by atomic mass is 9.62. The number of carbonyl (C=O) groups excluding carboxylic acids is 3. The molecule has 0 saturated carbocycles. The van der Waals surface area contributed by atoms with Crippen molar-refractivity contribution in [3.63, 3.8) is 0 Å². The van der Waals surface area contributed by atoms with Crippen LogP contribution in [-0.2, 0) is 10.2 Å². The third-order valence-electron chi connectivity index (χ3n) is 8.93. The van der Waals surface area contributed by atoms with E-state index in [9.17, 15) is 9.59 Å². The summed E-state index contributed by atoms with van der Waals surface area (Å²) in [5.74, 6) is -1.03. The summed E-state index contributed by atoms with van der Waals surface area (Å²) in [7, 11) is 1.55. The minimum absolute atomic E-state index is 0.269. The number of para-hydroxylation sites is 2. The number of carbonyl (C=O) groups is 3. The van der Waals surface area contributed by atoms with E-state index in [2.05, 4.69) is 5.32 Å². The molecule has 3 aliphatic heterocycles. The molecule has 0 unspecified atom stereocenters. The van der Waals surface area contributed by atoms with Gasteiger partial charge in [-0.25, -0.2) is 0 Å². The van der Waals surface area contributed by atoms with Gasteiger partial charge in [-0.3, -0.25) is 14.4 Å². The highest BCUT2D eigenvalue weighted by atomic mass is 16.5. The lowest BCUT2D eigenvalue weighted by molar-refractivity contribution is -0.122. The van der Waals surface area contributed by atoms with Crippen molar-refractivity contribution in [3.8, 4) is 11.5 Å². The Labute approximate surface area is 249 Å². The highest BCUT2D eigenvalue weighted by Gasteiger charge is 2.70. The molecule has 1 amide bonds. The summed E-state index contributed by atoms with van der Waals surface area (Å²) in [6.07, 6.45) is 3.82. The van der Waals surface area contributed by atoms with Crippen molar-refractivity contribution < 1.29 is 23.9 Å². The second kappa shape index (κ2) is 10.3. The average molecular weight is 571 g/mol. The number of Topliss-reactive ketones (excluding diaryl/α,β-unsaturated/α-hetero) is 2. The molecule has 0 bridgehead atoms. The van der Waals surface area contributed by atoms with Crippen molar-refractivity contribution in [2.75, 3.05) is 19.0 Å². The lowest BCUT2D eigenvalue weighted by Gasteiger charge is -2.38. The van der Waals surface area contributed by atoms with Crippen LogP contribution in [0.1, 0.15) is 50.4 Å². The molecular weight excluding hydrogens is 540 g/mol. The number of hydrogen-bond acceptors (Lipinski definition) is 6. The van der Waals surface area contributed by atoms with Gasteiger partial charge >= 0.3 is 0 Å². The Bertz CT molecular complexity index is 1810. The Morgan fingerprint density at radius 3 is 2.51 bits per heavy atom. The largest absolute Gasteiger partial charge is 0.497 e. The minimum Gasteiger partial charge on any atom is -0.497 e. The summed E-state index contributed by atoms with van der Waals surface area (Å²) in [4.78, 5) is 46.4. The Morgan fingerprint density at radius 1 is 0.907 bits per heavy atom. The fraction of sp³-hybridized carbons (Fsp3) is 0.194. The zero-order chi connectivity index (χ0) is 29.7. The van der Waals surface area contributed by atoms with Gasteiger partial charge in [-0.1, -0.05) is 66.7 Å². The quantitative estimate of drug-likeness (QED) is 0.271. The Kier molecular flexibility index (Phi) is 6.38. The molecule has 4 aromatic rings. The van der Waals surface area contributed by atoms with Crippen LogP contribution in [0.25, 0.3) is 6.08 Å². The van der Waals surface area contributed by atoms with Crippen LogP contribution in [0.5, 0.6) is 11.5 Å². The number of methoxy groups -OCH3 is 1. The Balaban J connectivity index is 1.54. The number of amides is 1. The SMILES string of the molecule is CCOc1ccccc1C(=O)[C@@H]1[C@H](C(=O)c2cccc(OC)c2)N2C=Cc3ccccc3[C@H]2[C@@]12C(=O)Nc1ccccc12. The summed E-state index contributed by atoms with van der Waals surface area (Å²) in [5, 5.41) is 3.08. The van der Waals surface area contributed by atoms with E-state index in [4.69, 9.17) is 9.47 Å². The number of ether oxygens (including phenoxy) is 2. The predicted octanol–water partition coefficient (Wildman–Crippen LogP) is 6.08. The van der Waals surface area contributed by atoms with Gasteiger partial charge in [0.25, 0.3) is 0 Å². The number of rotatable bonds is 7. The number of benzene rings is 4. The summed E-state index contributed by atoms with van der Waals surface area (Å²) in [5.41, 5.74) is 2.50. The van der Waals surface area contributed by atoms with Crippen LogP contribution < -0.4 is 14.8 Å². The van der Waals surface area contributed by atoms with Gasteiger partial charge in [-0.15, -0.1) is 0 Å². The molecule has 0 aromatic heterocycles. The number of nitrogens with one attached hydrogen (secondary N) is 1. The Hall–Kier alpha value is -5.17. The van der Waals surface area contributed by atoms with Crippen LogP contribution in [0, 0.1) is 5.92 Å².